The van der Waals surface area contributed by atoms with Gasteiger partial charge >= 0.3 is 0 Å². The Bertz CT molecular complexity index is 1050. The molecule has 0 saturated carbocycles. The number of halogens is 1. The Labute approximate surface area is 172 Å². The minimum atomic E-state index is -0.316. The summed E-state index contributed by atoms with van der Waals surface area (Å²) < 4.78 is 15.2. The van der Waals surface area contributed by atoms with Crippen LogP contribution < -0.4 is 5.32 Å². The maximum Gasteiger partial charge on any atom is 0.173 e. The van der Waals surface area contributed by atoms with Crippen LogP contribution in [0.4, 0.5) is 15.8 Å². The van der Waals surface area contributed by atoms with Gasteiger partial charge in [-0.25, -0.2) is 14.4 Å². The molecule has 0 aliphatic carbocycles. The average molecular weight is 415 g/mol. The number of hydrogen-bond donors (Lipinski definition) is 1. The molecule has 4 aromatic rings. The van der Waals surface area contributed by atoms with Crippen LogP contribution in [0.1, 0.15) is 26.2 Å². The number of nitrogens with one attached hydrogen (secondary N) is 1. The van der Waals surface area contributed by atoms with Gasteiger partial charge in [0.05, 0.1) is 21.6 Å². The van der Waals surface area contributed by atoms with Gasteiger partial charge in [-0.3, -0.25) is 0 Å². The molecule has 3 aromatic heterocycles. The molecule has 4 nitrogen and oxygen atoms in total. The SMILES string of the molecule is CCN1CCCCC1.Fc1c(Nc2ccnc3sccc23)ccc2scnc12. The standard InChI is InChI=1S/C14H8FN3S2.C7H15N/c15-12-10(1-2-11-13(12)17-7-20-11)18-9-3-5-16-14-8(9)4-6-19-14;1-2-8-6-4-3-5-7-8/h1-7H,(H,16,18);2-7H2,1H3. The maximum absolute atomic E-state index is 14.4. The first-order valence-corrected chi connectivity index (χ1v) is 11.4. The van der Waals surface area contributed by atoms with Crippen molar-refractivity contribution in [2.75, 3.05) is 25.0 Å². The highest BCUT2D eigenvalue weighted by Gasteiger charge is 2.11. The number of nitrogens with zero attached hydrogens (tertiary/aromatic N) is 3. The van der Waals surface area contributed by atoms with Gasteiger partial charge in [-0.05, 0) is 62.1 Å². The number of thiophene rings is 1. The molecule has 7 heteroatoms. The monoisotopic (exact) mass is 414 g/mol. The van der Waals surface area contributed by atoms with E-state index < -0.39 is 0 Å². The van der Waals surface area contributed by atoms with Gasteiger partial charge in [0.15, 0.2) is 5.82 Å². The van der Waals surface area contributed by atoms with Gasteiger partial charge in [-0.15, -0.1) is 22.7 Å². The molecule has 0 unspecified atom stereocenters. The lowest BCUT2D eigenvalue weighted by Gasteiger charge is -2.24. The lowest BCUT2D eigenvalue weighted by Crippen LogP contribution is -2.29. The van der Waals surface area contributed by atoms with E-state index in [0.29, 0.717) is 11.2 Å². The maximum atomic E-state index is 14.4. The van der Waals surface area contributed by atoms with Gasteiger partial charge in [-0.1, -0.05) is 13.3 Å². The highest BCUT2D eigenvalue weighted by molar-refractivity contribution is 7.17. The zero-order valence-electron chi connectivity index (χ0n) is 15.8. The molecule has 146 valence electrons. The van der Waals surface area contributed by atoms with Crippen LogP contribution in [0.5, 0.6) is 0 Å². The van der Waals surface area contributed by atoms with E-state index in [-0.39, 0.29) is 5.82 Å². The number of pyridine rings is 1. The summed E-state index contributed by atoms with van der Waals surface area (Å²) in [5.74, 6) is -0.316. The fourth-order valence-electron chi connectivity index (χ4n) is 3.40. The van der Waals surface area contributed by atoms with Crippen molar-refractivity contribution in [3.8, 4) is 0 Å². The van der Waals surface area contributed by atoms with E-state index in [9.17, 15) is 4.39 Å². The Hall–Kier alpha value is -2.09. The van der Waals surface area contributed by atoms with Gasteiger partial charge in [0.1, 0.15) is 10.3 Å². The van der Waals surface area contributed by atoms with Crippen molar-refractivity contribution in [2.45, 2.75) is 26.2 Å². The number of piperidine rings is 1. The topological polar surface area (TPSA) is 41.0 Å². The second-order valence-electron chi connectivity index (χ2n) is 6.74. The minimum absolute atomic E-state index is 0.316. The second kappa shape index (κ2) is 8.94. The van der Waals surface area contributed by atoms with E-state index in [1.54, 1.807) is 29.1 Å². The zero-order chi connectivity index (χ0) is 19.3. The van der Waals surface area contributed by atoms with Gasteiger partial charge < -0.3 is 10.2 Å². The first-order chi connectivity index (χ1) is 13.8. The third-order valence-electron chi connectivity index (χ3n) is 4.97. The van der Waals surface area contributed by atoms with E-state index in [2.05, 4.69) is 27.1 Å². The largest absolute Gasteiger partial charge is 0.352 e. The van der Waals surface area contributed by atoms with E-state index in [4.69, 9.17) is 0 Å². The molecule has 1 N–H and O–H groups in total. The molecule has 0 amide bonds. The van der Waals surface area contributed by atoms with Crippen molar-refractivity contribution in [1.82, 2.24) is 14.9 Å². The van der Waals surface area contributed by atoms with Crippen molar-refractivity contribution in [3.05, 3.63) is 47.2 Å². The second-order valence-corrected chi connectivity index (χ2v) is 8.52. The molecule has 0 bridgehead atoms. The molecule has 1 aromatic carbocycles. The molecule has 0 radical (unpaired) electrons. The van der Waals surface area contributed by atoms with Crippen LogP contribution in [0.25, 0.3) is 20.4 Å². The lowest BCUT2D eigenvalue weighted by atomic mass is 10.1. The molecule has 5 rings (SSSR count). The highest BCUT2D eigenvalue weighted by atomic mass is 32.1. The third kappa shape index (κ3) is 4.16. The number of likely N-dealkylation sites (tertiary alicyclic amines) is 1. The molecular formula is C21H23FN4S2. The van der Waals surface area contributed by atoms with E-state index >= 15 is 0 Å². The van der Waals surface area contributed by atoms with E-state index in [1.165, 1.54) is 50.2 Å². The first kappa shape index (κ1) is 19.2. The molecule has 0 spiro atoms. The molecule has 1 fully saturated rings. The van der Waals surface area contributed by atoms with Gasteiger partial charge in [0.25, 0.3) is 0 Å². The molecule has 1 saturated heterocycles. The van der Waals surface area contributed by atoms with Crippen molar-refractivity contribution in [2.24, 2.45) is 0 Å². The van der Waals surface area contributed by atoms with E-state index in [0.717, 1.165) is 20.6 Å². The lowest BCUT2D eigenvalue weighted by molar-refractivity contribution is 0.240. The Morgan fingerprint density at radius 1 is 1.04 bits per heavy atom. The number of hydrogen-bond acceptors (Lipinski definition) is 6. The number of fused-ring (bicyclic) bond motifs is 2. The summed E-state index contributed by atoms with van der Waals surface area (Å²) in [5, 5.41) is 6.11. The van der Waals surface area contributed by atoms with Crippen LogP contribution in [0.15, 0.2) is 41.4 Å². The number of aromatic nitrogens is 2. The van der Waals surface area contributed by atoms with Crippen LogP contribution in [-0.4, -0.2) is 34.5 Å². The summed E-state index contributed by atoms with van der Waals surface area (Å²) in [6.07, 6.45) is 6.03. The summed E-state index contributed by atoms with van der Waals surface area (Å²) in [7, 11) is 0. The summed E-state index contributed by atoms with van der Waals surface area (Å²) in [4.78, 5) is 11.8. The predicted octanol–water partition coefficient (Wildman–Crippen LogP) is 6.28. The molecule has 1 aliphatic rings. The van der Waals surface area contributed by atoms with Crippen LogP contribution in [-0.2, 0) is 0 Å². The number of benzene rings is 1. The third-order valence-corrected chi connectivity index (χ3v) is 6.59. The Kier molecular flexibility index (Phi) is 6.14. The Morgan fingerprint density at radius 2 is 1.89 bits per heavy atom. The predicted molar refractivity (Wildman–Crippen MR) is 118 cm³/mol. The fourth-order valence-corrected chi connectivity index (χ4v) is 4.83. The molecular weight excluding hydrogens is 391 g/mol. The Balaban J connectivity index is 0.000000203. The van der Waals surface area contributed by atoms with Crippen LogP contribution >= 0.6 is 22.7 Å². The van der Waals surface area contributed by atoms with Gasteiger partial charge in [-0.2, -0.15) is 0 Å². The summed E-state index contributed by atoms with van der Waals surface area (Å²) in [6.45, 7) is 6.18. The quantitative estimate of drug-likeness (QED) is 0.428. The number of anilines is 2. The summed E-state index contributed by atoms with van der Waals surface area (Å²) >= 11 is 3.00. The number of rotatable bonds is 3. The van der Waals surface area contributed by atoms with Crippen molar-refractivity contribution < 1.29 is 4.39 Å². The number of thiazole rings is 1. The smallest absolute Gasteiger partial charge is 0.173 e. The molecule has 0 atom stereocenters. The summed E-state index contributed by atoms with van der Waals surface area (Å²) in [5.41, 5.74) is 3.35. The highest BCUT2D eigenvalue weighted by Crippen LogP contribution is 2.32. The van der Waals surface area contributed by atoms with E-state index in [1.807, 2.05) is 23.6 Å². The average Bonchev–Trinajstić information content (AvgIpc) is 3.41. The van der Waals surface area contributed by atoms with Crippen LogP contribution in [0.2, 0.25) is 0 Å². The van der Waals surface area contributed by atoms with Crippen LogP contribution in [0, 0.1) is 5.82 Å². The van der Waals surface area contributed by atoms with Crippen molar-refractivity contribution in [3.63, 3.8) is 0 Å². The zero-order valence-corrected chi connectivity index (χ0v) is 17.5. The van der Waals surface area contributed by atoms with Crippen molar-refractivity contribution >= 4 is 54.5 Å². The Morgan fingerprint density at radius 3 is 2.68 bits per heavy atom. The van der Waals surface area contributed by atoms with Gasteiger partial charge in [0, 0.05) is 11.6 Å². The first-order valence-electron chi connectivity index (χ1n) is 9.59. The molecule has 4 heterocycles. The molecule has 28 heavy (non-hydrogen) atoms. The van der Waals surface area contributed by atoms with Gasteiger partial charge in [0.2, 0.25) is 0 Å². The van der Waals surface area contributed by atoms with Crippen molar-refractivity contribution in [1.29, 1.82) is 0 Å². The fraction of sp³-hybridized carbons (Fsp3) is 0.333. The minimum Gasteiger partial charge on any atom is -0.352 e. The van der Waals surface area contributed by atoms with Crippen LogP contribution in [0.3, 0.4) is 0 Å². The normalized spacial score (nSPS) is 14.8. The summed E-state index contributed by atoms with van der Waals surface area (Å²) in [6, 6.07) is 7.45. The molecule has 1 aliphatic heterocycles.